The molecule has 0 aliphatic carbocycles. The van der Waals surface area contributed by atoms with Gasteiger partial charge in [0.2, 0.25) is 0 Å². The fourth-order valence-electron chi connectivity index (χ4n) is 1.77. The summed E-state index contributed by atoms with van der Waals surface area (Å²) >= 11 is 0. The van der Waals surface area contributed by atoms with E-state index in [4.69, 9.17) is 14.2 Å². The van der Waals surface area contributed by atoms with E-state index in [9.17, 15) is 0 Å². The van der Waals surface area contributed by atoms with Crippen molar-refractivity contribution in [3.05, 3.63) is 0 Å². The Labute approximate surface area is 105 Å². The molecule has 1 aliphatic rings. The summed E-state index contributed by atoms with van der Waals surface area (Å²) < 4.78 is 16.8. The lowest BCUT2D eigenvalue weighted by Crippen LogP contribution is -2.53. The molecule has 1 saturated heterocycles. The van der Waals surface area contributed by atoms with Crippen LogP contribution in [0.1, 0.15) is 34.6 Å². The smallest absolute Gasteiger partial charge is 0.162 e. The fourth-order valence-corrected chi connectivity index (χ4v) is 1.77. The Morgan fingerprint density at radius 1 is 1.29 bits per heavy atom. The molecule has 0 amide bonds. The quantitative estimate of drug-likeness (QED) is 0.774. The van der Waals surface area contributed by atoms with Crippen LogP contribution in [0, 0.1) is 5.92 Å². The summed E-state index contributed by atoms with van der Waals surface area (Å²) in [5, 5.41) is 3.55. The molecule has 4 nitrogen and oxygen atoms in total. The molecule has 1 rings (SSSR count). The fraction of sp³-hybridized carbons (Fsp3) is 1.00. The maximum Gasteiger partial charge on any atom is 0.162 e. The highest BCUT2D eigenvalue weighted by Gasteiger charge is 2.29. The third-order valence-corrected chi connectivity index (χ3v) is 3.02. The lowest BCUT2D eigenvalue weighted by Gasteiger charge is -2.37. The van der Waals surface area contributed by atoms with Gasteiger partial charge in [0.25, 0.3) is 0 Å². The normalized spacial score (nSPS) is 22.9. The third kappa shape index (κ3) is 5.34. The van der Waals surface area contributed by atoms with Crippen LogP contribution in [-0.2, 0) is 14.2 Å². The second-order valence-corrected chi connectivity index (χ2v) is 5.40. The molecule has 1 fully saturated rings. The van der Waals surface area contributed by atoms with Crippen molar-refractivity contribution in [3.8, 4) is 0 Å². The molecule has 102 valence electrons. The lowest BCUT2D eigenvalue weighted by atomic mass is 10.0. The van der Waals surface area contributed by atoms with Gasteiger partial charge in [0, 0.05) is 12.6 Å². The lowest BCUT2D eigenvalue weighted by molar-refractivity contribution is -0.254. The van der Waals surface area contributed by atoms with Gasteiger partial charge in [-0.1, -0.05) is 13.8 Å². The Kier molecular flexibility index (Phi) is 5.86. The highest BCUT2D eigenvalue weighted by Crippen LogP contribution is 2.17. The van der Waals surface area contributed by atoms with Crippen molar-refractivity contribution in [2.45, 2.75) is 52.5 Å². The van der Waals surface area contributed by atoms with Gasteiger partial charge in [0.05, 0.1) is 25.9 Å². The summed E-state index contributed by atoms with van der Waals surface area (Å²) in [4.78, 5) is 0. The highest BCUT2D eigenvalue weighted by molar-refractivity contribution is 4.79. The molecule has 0 radical (unpaired) electrons. The zero-order chi connectivity index (χ0) is 12.9. The first-order valence-corrected chi connectivity index (χ1v) is 6.56. The van der Waals surface area contributed by atoms with Crippen molar-refractivity contribution in [3.63, 3.8) is 0 Å². The van der Waals surface area contributed by atoms with Gasteiger partial charge in [-0.05, 0) is 26.7 Å². The van der Waals surface area contributed by atoms with Gasteiger partial charge in [0.1, 0.15) is 0 Å². The number of hydrogen-bond acceptors (Lipinski definition) is 4. The second-order valence-electron chi connectivity index (χ2n) is 5.40. The van der Waals surface area contributed by atoms with Crippen LogP contribution >= 0.6 is 0 Å². The van der Waals surface area contributed by atoms with E-state index in [1.54, 1.807) is 0 Å². The predicted octanol–water partition coefficient (Wildman–Crippen LogP) is 1.79. The van der Waals surface area contributed by atoms with Crippen molar-refractivity contribution in [2.75, 3.05) is 26.4 Å². The van der Waals surface area contributed by atoms with Crippen LogP contribution in [0.25, 0.3) is 0 Å². The number of nitrogens with one attached hydrogen (secondary N) is 1. The molecule has 0 aromatic carbocycles. The van der Waals surface area contributed by atoms with E-state index in [0.717, 1.165) is 13.2 Å². The van der Waals surface area contributed by atoms with Crippen molar-refractivity contribution < 1.29 is 14.2 Å². The maximum absolute atomic E-state index is 5.64. The SMILES string of the molecule is CCOCC(NC1COC(C)(C)OC1)C(C)C. The van der Waals surface area contributed by atoms with E-state index in [0.29, 0.717) is 25.2 Å². The predicted molar refractivity (Wildman–Crippen MR) is 68.0 cm³/mol. The van der Waals surface area contributed by atoms with Gasteiger partial charge >= 0.3 is 0 Å². The van der Waals surface area contributed by atoms with Crippen molar-refractivity contribution in [1.29, 1.82) is 0 Å². The Balaban J connectivity index is 2.35. The molecule has 0 saturated carbocycles. The minimum absolute atomic E-state index is 0.260. The average Bonchev–Trinajstić information content (AvgIpc) is 2.26. The number of rotatable bonds is 6. The van der Waals surface area contributed by atoms with Gasteiger partial charge in [0.15, 0.2) is 5.79 Å². The summed E-state index contributed by atoms with van der Waals surface area (Å²) in [6.45, 7) is 13.2. The topological polar surface area (TPSA) is 39.7 Å². The third-order valence-electron chi connectivity index (χ3n) is 3.02. The van der Waals surface area contributed by atoms with Gasteiger partial charge in [-0.3, -0.25) is 0 Å². The largest absolute Gasteiger partial charge is 0.380 e. The van der Waals surface area contributed by atoms with Crippen LogP contribution in [0.4, 0.5) is 0 Å². The standard InChI is InChI=1S/C13H27NO3/c1-6-15-9-12(10(2)3)14-11-7-16-13(4,5)17-8-11/h10-12,14H,6-9H2,1-5H3. The maximum atomic E-state index is 5.64. The van der Waals surface area contributed by atoms with Gasteiger partial charge in [-0.15, -0.1) is 0 Å². The monoisotopic (exact) mass is 245 g/mol. The molecular weight excluding hydrogens is 218 g/mol. The molecule has 4 heteroatoms. The highest BCUT2D eigenvalue weighted by atomic mass is 16.7. The van der Waals surface area contributed by atoms with Crippen molar-refractivity contribution in [2.24, 2.45) is 5.92 Å². The Bertz CT molecular complexity index is 209. The van der Waals surface area contributed by atoms with E-state index < -0.39 is 5.79 Å². The molecule has 0 bridgehead atoms. The van der Waals surface area contributed by atoms with E-state index in [1.807, 2.05) is 20.8 Å². The van der Waals surface area contributed by atoms with Crippen LogP contribution in [-0.4, -0.2) is 44.3 Å². The molecule has 1 atom stereocenters. The van der Waals surface area contributed by atoms with E-state index in [1.165, 1.54) is 0 Å². The summed E-state index contributed by atoms with van der Waals surface area (Å²) in [5.74, 6) is 0.0994. The number of ether oxygens (including phenoxy) is 3. The summed E-state index contributed by atoms with van der Waals surface area (Å²) in [6.07, 6.45) is 0. The molecule has 0 spiro atoms. The average molecular weight is 245 g/mol. The van der Waals surface area contributed by atoms with Crippen molar-refractivity contribution in [1.82, 2.24) is 5.32 Å². The first-order chi connectivity index (χ1) is 7.94. The molecule has 0 aromatic rings. The molecule has 1 heterocycles. The van der Waals surface area contributed by atoms with Crippen molar-refractivity contribution >= 4 is 0 Å². The first-order valence-electron chi connectivity index (χ1n) is 6.56. The van der Waals surface area contributed by atoms with E-state index >= 15 is 0 Å². The van der Waals surface area contributed by atoms with Crippen LogP contribution < -0.4 is 5.32 Å². The Hall–Kier alpha value is -0.160. The molecule has 17 heavy (non-hydrogen) atoms. The van der Waals surface area contributed by atoms with E-state index in [-0.39, 0.29) is 6.04 Å². The minimum Gasteiger partial charge on any atom is -0.380 e. The Morgan fingerprint density at radius 3 is 2.35 bits per heavy atom. The summed E-state index contributed by atoms with van der Waals surface area (Å²) in [6, 6.07) is 0.615. The van der Waals surface area contributed by atoms with E-state index in [2.05, 4.69) is 19.2 Å². The van der Waals surface area contributed by atoms with Crippen LogP contribution in [0.15, 0.2) is 0 Å². The zero-order valence-electron chi connectivity index (χ0n) is 11.8. The van der Waals surface area contributed by atoms with Gasteiger partial charge in [-0.2, -0.15) is 0 Å². The van der Waals surface area contributed by atoms with Crippen LogP contribution in [0.2, 0.25) is 0 Å². The molecule has 1 unspecified atom stereocenters. The zero-order valence-corrected chi connectivity index (χ0v) is 11.8. The molecule has 0 aromatic heterocycles. The van der Waals surface area contributed by atoms with Crippen LogP contribution in [0.5, 0.6) is 0 Å². The second kappa shape index (κ2) is 6.69. The summed E-state index contributed by atoms with van der Waals surface area (Å²) in [7, 11) is 0. The minimum atomic E-state index is -0.439. The summed E-state index contributed by atoms with van der Waals surface area (Å²) in [5.41, 5.74) is 0. The Morgan fingerprint density at radius 2 is 1.88 bits per heavy atom. The van der Waals surface area contributed by atoms with Crippen LogP contribution in [0.3, 0.4) is 0 Å². The number of hydrogen-bond donors (Lipinski definition) is 1. The van der Waals surface area contributed by atoms with Gasteiger partial charge in [-0.25, -0.2) is 0 Å². The van der Waals surface area contributed by atoms with Gasteiger partial charge < -0.3 is 19.5 Å². The molecule has 1 N–H and O–H groups in total. The molecular formula is C13H27NO3. The molecule has 1 aliphatic heterocycles. The first kappa shape index (κ1) is 14.9.